The van der Waals surface area contributed by atoms with Crippen LogP contribution in [0.1, 0.15) is 68.4 Å². The zero-order valence-electron chi connectivity index (χ0n) is 44.8. The van der Waals surface area contributed by atoms with E-state index in [4.69, 9.17) is 56.0 Å². The smallest absolute Gasteiger partial charge is 0.228 e. The van der Waals surface area contributed by atoms with Crippen LogP contribution < -0.4 is 33.6 Å². The molecule has 2 saturated carbocycles. The summed E-state index contributed by atoms with van der Waals surface area (Å²) < 4.78 is 8.10. The van der Waals surface area contributed by atoms with Gasteiger partial charge in [0.1, 0.15) is 49.4 Å². The molecule has 2 aliphatic rings. The summed E-state index contributed by atoms with van der Waals surface area (Å²) >= 11 is 15.0. The molecule has 32 heteroatoms. The Labute approximate surface area is 535 Å². The molecule has 0 unspecified atom stereocenters. The van der Waals surface area contributed by atoms with Crippen LogP contribution in [0.4, 0.5) is 17.5 Å². The number of fused-ring (bicyclic) bond motifs is 4. The first-order valence-corrected chi connectivity index (χ1v) is 28.4. The SMILES string of the molecule is C.C.Cc1cccc(SC#N)c1.N#Cc1ccc(Cl)nc1.N#Cc1ccc(NN)nc1.N#Cc1ccc2n[nH]c(=S)n2c1.N#Cc1ccc2nnc(Sc3ccc4nc(NC(=O)C5CC5)cn4n3)n2c1.NN.O=C(Nc1cn2nc(I)ccc2n1)C1CC1. The van der Waals surface area contributed by atoms with Gasteiger partial charge >= 0.3 is 0 Å². The normalized spacial score (nSPS) is 11.2. The molecule has 0 atom stereocenters. The van der Waals surface area contributed by atoms with E-state index in [0.717, 1.165) is 45.6 Å². The lowest BCUT2D eigenvalue weighted by Gasteiger charge is -2.00. The molecule has 13 rings (SSSR count). The van der Waals surface area contributed by atoms with Crippen molar-refractivity contribution >= 4 is 122 Å². The number of carbonyl (C=O) groups is 2. The summed E-state index contributed by atoms with van der Waals surface area (Å²) in [5, 5.41) is 75.6. The van der Waals surface area contributed by atoms with E-state index in [1.807, 2.05) is 79.1 Å². The van der Waals surface area contributed by atoms with Gasteiger partial charge in [-0.2, -0.15) is 41.6 Å². The number of hydrogen-bond donors (Lipinski definition) is 7. The molecule has 88 heavy (non-hydrogen) atoms. The topological polar surface area (TPSA) is 417 Å². The maximum absolute atomic E-state index is 11.9. The van der Waals surface area contributed by atoms with Gasteiger partial charge in [-0.3, -0.25) is 35.2 Å². The van der Waals surface area contributed by atoms with E-state index < -0.39 is 0 Å². The summed E-state index contributed by atoms with van der Waals surface area (Å²) in [6.07, 6.45) is 13.5. The molecule has 0 spiro atoms. The third-order valence-corrected chi connectivity index (χ3v) is 13.8. The Morgan fingerprint density at radius 3 is 1.75 bits per heavy atom. The van der Waals surface area contributed by atoms with Crippen LogP contribution in [0.2, 0.25) is 5.15 Å². The molecular weight excluding hydrogens is 1310 g/mol. The zero-order valence-corrected chi connectivity index (χ0v) is 50.1. The van der Waals surface area contributed by atoms with Crippen molar-refractivity contribution in [1.29, 1.82) is 26.3 Å². The van der Waals surface area contributed by atoms with Gasteiger partial charge < -0.3 is 16.1 Å². The quantitative estimate of drug-likeness (QED) is 0.0141. The Hall–Kier alpha value is -9.99. The summed E-state index contributed by atoms with van der Waals surface area (Å²) in [5.41, 5.74) is 8.47. The standard InChI is InChI=1S/C17H12N8OS.C10H9IN4O.C8H7NS.C7H4N4S.C6H3ClN2.C6H6N4.2CH4.H4N2/c18-7-10-1-4-14-21-22-17(24(14)8-10)27-15-6-5-13-19-12(9-25(13)23-15)20-16(26)11-2-3-11;11-7-3-4-9-12-8(5-15(9)14-7)13-10(16)6-1-2-6;1-7-3-2-4-8(5-7)10-6-9;8-3-5-1-2-6-9-10-7(12)11(6)4-5;7-6-2-1-5(3-8)4-9-6;7-3-5-1-2-6(10-8)9-4-5;;;1-2/h1,4-6,8-9,11H,2-3H2,(H,20,26);3-6H,1-2H2,(H,13,16);2-5H,1H3;1-2,4H,(H,10,12);1-2,4H;1-2,4H,8H2,(H,9,10);2*1H4;1-2H2. The van der Waals surface area contributed by atoms with Gasteiger partial charge in [-0.1, -0.05) is 38.6 Å². The number of halogens is 2. The highest BCUT2D eigenvalue weighted by molar-refractivity contribution is 14.1. The van der Waals surface area contributed by atoms with Gasteiger partial charge in [0.2, 0.25) is 17.0 Å². The molecule has 2 fully saturated rings. The number of aromatic amines is 1. The highest BCUT2D eigenvalue weighted by Gasteiger charge is 2.31. The third-order valence-electron chi connectivity index (χ3n) is 11.3. The number of thiocyanates is 1. The first-order valence-electron chi connectivity index (χ1n) is 24.9. The van der Waals surface area contributed by atoms with E-state index in [2.05, 4.69) is 107 Å². The number of nitriles is 5. The minimum absolute atomic E-state index is 0. The number of aromatic nitrogens is 14. The Balaban J connectivity index is 0.000000201. The molecule has 27 nitrogen and oxygen atoms in total. The number of carbonyl (C=O) groups excluding carboxylic acids is 2. The van der Waals surface area contributed by atoms with Crippen molar-refractivity contribution in [2.24, 2.45) is 29.4 Å². The van der Waals surface area contributed by atoms with E-state index >= 15 is 0 Å². The fraction of sp³-hybridized carbons (Fsp3) is 0.161. The molecule has 1 aromatic carbocycles. The summed E-state index contributed by atoms with van der Waals surface area (Å²) in [5.74, 6) is 15.1. The maximum Gasteiger partial charge on any atom is 0.228 e. The number of imidazole rings is 2. The number of nitrogens with two attached hydrogens (primary N) is 3. The molecule has 10 N–H and O–H groups in total. The van der Waals surface area contributed by atoms with Crippen LogP contribution in [0.15, 0.2) is 149 Å². The number of hydrogen-bond acceptors (Lipinski definition) is 23. The number of rotatable bonds is 8. The molecule has 10 aromatic heterocycles. The third kappa shape index (κ3) is 20.3. The number of thioether (sulfide) groups is 1. The number of aryl methyl sites for hydroxylation is 1. The molecule has 11 aromatic rings. The van der Waals surface area contributed by atoms with Crippen LogP contribution in [-0.2, 0) is 9.59 Å². The fourth-order valence-electron chi connectivity index (χ4n) is 6.84. The van der Waals surface area contributed by atoms with Gasteiger partial charge in [-0.15, -0.1) is 10.2 Å². The van der Waals surface area contributed by atoms with Gasteiger partial charge in [-0.05, 0) is 181 Å². The molecule has 2 aliphatic carbocycles. The maximum atomic E-state index is 11.9. The zero-order chi connectivity index (χ0) is 61.5. The van der Waals surface area contributed by atoms with Crippen molar-refractivity contribution in [3.63, 3.8) is 0 Å². The van der Waals surface area contributed by atoms with Crippen LogP contribution in [0, 0.1) is 83.2 Å². The Kier molecular flexibility index (Phi) is 26.8. The number of nitrogens with zero attached hydrogens (tertiary/aromatic N) is 18. The first kappa shape index (κ1) is 68.8. The molecule has 446 valence electrons. The van der Waals surface area contributed by atoms with Crippen molar-refractivity contribution in [2.75, 3.05) is 16.1 Å². The second-order valence-corrected chi connectivity index (χ2v) is 21.2. The monoisotopic (exact) mass is 1370 g/mol. The van der Waals surface area contributed by atoms with Crippen molar-refractivity contribution in [3.8, 4) is 29.7 Å². The molecule has 2 amide bonds. The summed E-state index contributed by atoms with van der Waals surface area (Å²) in [6.45, 7) is 2.02. The number of hydrazine groups is 2. The highest BCUT2D eigenvalue weighted by atomic mass is 127. The second kappa shape index (κ2) is 34.2. The van der Waals surface area contributed by atoms with Gasteiger partial charge in [0.05, 0.1) is 34.6 Å². The molecular formula is C56H53ClIN25O2S3. The van der Waals surface area contributed by atoms with Crippen LogP contribution in [0.5, 0.6) is 0 Å². The summed E-state index contributed by atoms with van der Waals surface area (Å²) in [7, 11) is 0. The first-order chi connectivity index (χ1) is 41.7. The van der Waals surface area contributed by atoms with E-state index in [1.165, 1.54) is 41.5 Å². The predicted octanol–water partition coefficient (Wildman–Crippen LogP) is 9.59. The van der Waals surface area contributed by atoms with Crippen molar-refractivity contribution in [2.45, 2.75) is 62.5 Å². The molecule has 0 saturated heterocycles. The summed E-state index contributed by atoms with van der Waals surface area (Å²) in [4.78, 5) is 40.6. The van der Waals surface area contributed by atoms with E-state index in [-0.39, 0.29) is 38.5 Å². The highest BCUT2D eigenvalue weighted by Crippen LogP contribution is 2.31. The number of amides is 2. The minimum atomic E-state index is 0. The molecule has 10 heterocycles. The van der Waals surface area contributed by atoms with E-state index in [9.17, 15) is 9.59 Å². The largest absolute Gasteiger partial charge is 0.309 e. The lowest BCUT2D eigenvalue weighted by Crippen LogP contribution is -2.13. The van der Waals surface area contributed by atoms with Gasteiger partial charge in [-0.25, -0.2) is 34.8 Å². The minimum Gasteiger partial charge on any atom is -0.309 e. The van der Waals surface area contributed by atoms with E-state index in [0.29, 0.717) is 71.1 Å². The lowest BCUT2D eigenvalue weighted by atomic mass is 10.2. The average molecular weight is 1370 g/mol. The lowest BCUT2D eigenvalue weighted by molar-refractivity contribution is -0.118. The summed E-state index contributed by atoms with van der Waals surface area (Å²) in [6, 6.07) is 36.7. The Morgan fingerprint density at radius 1 is 0.670 bits per heavy atom. The number of benzene rings is 1. The number of nitrogens with one attached hydrogen (secondary N) is 4. The van der Waals surface area contributed by atoms with Crippen LogP contribution in [0.25, 0.3) is 22.6 Å². The van der Waals surface area contributed by atoms with Crippen molar-refractivity contribution < 1.29 is 9.59 Å². The number of nitrogen functional groups attached to an aromatic ring is 1. The van der Waals surface area contributed by atoms with Gasteiger partial charge in [0.25, 0.3) is 0 Å². The molecule has 0 aliphatic heterocycles. The van der Waals surface area contributed by atoms with Crippen LogP contribution in [0.3, 0.4) is 0 Å². The van der Waals surface area contributed by atoms with Crippen LogP contribution >= 0.6 is 69.9 Å². The van der Waals surface area contributed by atoms with E-state index in [1.54, 1.807) is 91.2 Å². The second-order valence-electron chi connectivity index (χ2n) is 17.5. The average Bonchev–Trinajstić information content (AvgIpc) is 2.58. The van der Waals surface area contributed by atoms with Gasteiger partial charge in [0.15, 0.2) is 39.0 Å². The van der Waals surface area contributed by atoms with Crippen molar-refractivity contribution in [3.05, 3.63) is 176 Å². The number of anilines is 3. The molecule has 0 radical (unpaired) electrons. The number of H-pyrrole nitrogens is 1. The Bertz CT molecular complexity index is 4430. The number of pyridine rings is 4. The van der Waals surface area contributed by atoms with Crippen LogP contribution in [-0.4, -0.2) is 80.2 Å². The van der Waals surface area contributed by atoms with Crippen molar-refractivity contribution in [1.82, 2.24) is 68.4 Å². The Morgan fingerprint density at radius 2 is 1.22 bits per heavy atom. The predicted molar refractivity (Wildman–Crippen MR) is 344 cm³/mol. The fourth-order valence-corrected chi connectivity index (χ4v) is 8.83. The van der Waals surface area contributed by atoms with Gasteiger partial charge in [0, 0.05) is 41.5 Å². The molecule has 0 bridgehead atoms.